The molecule has 0 radical (unpaired) electrons. The molecule has 0 heterocycles. The van der Waals surface area contributed by atoms with Crippen LogP contribution in [0.5, 0.6) is 5.75 Å². The molecule has 3 aromatic carbocycles. The van der Waals surface area contributed by atoms with Crippen molar-refractivity contribution in [3.8, 4) is 5.75 Å². The van der Waals surface area contributed by atoms with Crippen LogP contribution in [0, 0.1) is 0 Å². The summed E-state index contributed by atoms with van der Waals surface area (Å²) in [6, 6.07) is 19.4. The van der Waals surface area contributed by atoms with Gasteiger partial charge in [-0.25, -0.2) is 0 Å². The van der Waals surface area contributed by atoms with E-state index in [9.17, 15) is 5.11 Å². The summed E-state index contributed by atoms with van der Waals surface area (Å²) in [5.74, 6) is 0.250. The molecule has 0 bridgehead atoms. The Morgan fingerprint density at radius 3 is 2.62 bits per heavy atom. The van der Waals surface area contributed by atoms with Crippen molar-refractivity contribution in [2.24, 2.45) is 0 Å². The Morgan fingerprint density at radius 2 is 1.76 bits per heavy atom. The largest absolute Gasteiger partial charge is 0.508 e. The molecular formula is C18H16ClNO. The highest BCUT2D eigenvalue weighted by Gasteiger charge is 2.12. The number of hydrogen-bond acceptors (Lipinski definition) is 2. The van der Waals surface area contributed by atoms with E-state index in [1.54, 1.807) is 18.2 Å². The number of halogens is 1. The first-order valence-electron chi connectivity index (χ1n) is 6.88. The lowest BCUT2D eigenvalue weighted by atomic mass is 10.0. The van der Waals surface area contributed by atoms with E-state index in [0.29, 0.717) is 5.02 Å². The van der Waals surface area contributed by atoms with Gasteiger partial charge in [0.2, 0.25) is 0 Å². The van der Waals surface area contributed by atoms with E-state index >= 15 is 0 Å². The summed E-state index contributed by atoms with van der Waals surface area (Å²) < 4.78 is 0. The summed E-state index contributed by atoms with van der Waals surface area (Å²) >= 11 is 6.02. The molecule has 3 rings (SSSR count). The van der Waals surface area contributed by atoms with Gasteiger partial charge in [-0.05, 0) is 36.6 Å². The van der Waals surface area contributed by atoms with E-state index in [1.807, 2.05) is 31.2 Å². The third kappa shape index (κ3) is 2.81. The molecule has 1 atom stereocenters. The fourth-order valence-electron chi connectivity index (χ4n) is 2.53. The SMILES string of the molecule is CC(Nc1cccc2ccccc12)c1cc(Cl)ccc1O. The number of benzene rings is 3. The van der Waals surface area contributed by atoms with E-state index in [0.717, 1.165) is 16.6 Å². The average Bonchev–Trinajstić information content (AvgIpc) is 2.50. The number of nitrogens with one attached hydrogen (secondary N) is 1. The minimum atomic E-state index is -0.0468. The van der Waals surface area contributed by atoms with E-state index in [-0.39, 0.29) is 11.8 Å². The molecule has 2 N–H and O–H groups in total. The zero-order valence-corrected chi connectivity index (χ0v) is 12.4. The number of phenols is 1. The zero-order chi connectivity index (χ0) is 14.8. The Bertz CT molecular complexity index is 780. The van der Waals surface area contributed by atoms with Crippen LogP contribution >= 0.6 is 11.6 Å². The van der Waals surface area contributed by atoms with Crippen molar-refractivity contribution in [2.75, 3.05) is 5.32 Å². The average molecular weight is 298 g/mol. The highest BCUT2D eigenvalue weighted by atomic mass is 35.5. The maximum atomic E-state index is 10.00. The Morgan fingerprint density at radius 1 is 1.00 bits per heavy atom. The molecule has 0 saturated carbocycles. The smallest absolute Gasteiger partial charge is 0.120 e. The zero-order valence-electron chi connectivity index (χ0n) is 11.7. The van der Waals surface area contributed by atoms with E-state index in [4.69, 9.17) is 11.6 Å². The molecule has 0 aliphatic carbocycles. The topological polar surface area (TPSA) is 32.3 Å². The monoisotopic (exact) mass is 297 g/mol. The molecule has 0 aliphatic rings. The lowest BCUT2D eigenvalue weighted by molar-refractivity contribution is 0.465. The second-order valence-electron chi connectivity index (χ2n) is 5.10. The lowest BCUT2D eigenvalue weighted by Gasteiger charge is -2.18. The number of aromatic hydroxyl groups is 1. The quantitative estimate of drug-likeness (QED) is 0.681. The van der Waals surface area contributed by atoms with Crippen LogP contribution < -0.4 is 5.32 Å². The third-order valence-electron chi connectivity index (χ3n) is 3.62. The van der Waals surface area contributed by atoms with E-state index in [1.165, 1.54) is 5.39 Å². The van der Waals surface area contributed by atoms with Gasteiger partial charge in [0.25, 0.3) is 0 Å². The van der Waals surface area contributed by atoms with Gasteiger partial charge in [-0.1, -0.05) is 48.0 Å². The molecule has 2 nitrogen and oxygen atoms in total. The van der Waals surface area contributed by atoms with Crippen LogP contribution in [0.1, 0.15) is 18.5 Å². The summed E-state index contributed by atoms with van der Waals surface area (Å²) in [6.45, 7) is 2.01. The third-order valence-corrected chi connectivity index (χ3v) is 3.85. The van der Waals surface area contributed by atoms with Crippen LogP contribution in [0.3, 0.4) is 0 Å². The van der Waals surface area contributed by atoms with Gasteiger partial charge >= 0.3 is 0 Å². The summed E-state index contributed by atoms with van der Waals surface area (Å²) in [6.07, 6.45) is 0. The van der Waals surface area contributed by atoms with Gasteiger partial charge in [0.15, 0.2) is 0 Å². The highest BCUT2D eigenvalue weighted by Crippen LogP contribution is 2.31. The lowest BCUT2D eigenvalue weighted by Crippen LogP contribution is -2.07. The minimum absolute atomic E-state index is 0.0468. The van der Waals surface area contributed by atoms with Gasteiger partial charge in [-0.15, -0.1) is 0 Å². The fraction of sp³-hybridized carbons (Fsp3) is 0.111. The molecule has 0 aromatic heterocycles. The van der Waals surface area contributed by atoms with Crippen LogP contribution in [0.25, 0.3) is 10.8 Å². The van der Waals surface area contributed by atoms with Crippen molar-refractivity contribution < 1.29 is 5.11 Å². The molecule has 21 heavy (non-hydrogen) atoms. The first-order chi connectivity index (χ1) is 10.1. The van der Waals surface area contributed by atoms with Crippen LogP contribution in [0.15, 0.2) is 60.7 Å². The number of hydrogen-bond donors (Lipinski definition) is 2. The molecule has 0 spiro atoms. The fourth-order valence-corrected chi connectivity index (χ4v) is 2.72. The predicted molar refractivity (Wildman–Crippen MR) is 89.1 cm³/mol. The molecule has 0 saturated heterocycles. The summed E-state index contributed by atoms with van der Waals surface area (Å²) in [7, 11) is 0. The Kier molecular flexibility index (Phi) is 3.72. The van der Waals surface area contributed by atoms with E-state index in [2.05, 4.69) is 23.5 Å². The molecule has 3 aromatic rings. The van der Waals surface area contributed by atoms with Crippen LogP contribution in [-0.4, -0.2) is 5.11 Å². The maximum Gasteiger partial charge on any atom is 0.120 e. The van der Waals surface area contributed by atoms with Crippen molar-refractivity contribution in [1.29, 1.82) is 0 Å². The van der Waals surface area contributed by atoms with Gasteiger partial charge in [-0.3, -0.25) is 0 Å². The molecular weight excluding hydrogens is 282 g/mol. The molecule has 0 aliphatic heterocycles. The van der Waals surface area contributed by atoms with Crippen molar-refractivity contribution in [1.82, 2.24) is 0 Å². The van der Waals surface area contributed by atoms with Crippen LogP contribution in [0.4, 0.5) is 5.69 Å². The van der Waals surface area contributed by atoms with Gasteiger partial charge < -0.3 is 10.4 Å². The predicted octanol–water partition coefficient (Wildman–Crippen LogP) is 5.37. The highest BCUT2D eigenvalue weighted by molar-refractivity contribution is 6.30. The number of phenolic OH excluding ortho intramolecular Hbond substituents is 1. The number of fused-ring (bicyclic) bond motifs is 1. The number of anilines is 1. The normalized spacial score (nSPS) is 12.3. The van der Waals surface area contributed by atoms with Crippen LogP contribution in [0.2, 0.25) is 5.02 Å². The second kappa shape index (κ2) is 5.66. The second-order valence-corrected chi connectivity index (χ2v) is 5.53. The van der Waals surface area contributed by atoms with Gasteiger partial charge in [0.1, 0.15) is 5.75 Å². The Labute approximate surface area is 129 Å². The number of rotatable bonds is 3. The Balaban J connectivity index is 1.96. The van der Waals surface area contributed by atoms with Crippen LogP contribution in [-0.2, 0) is 0 Å². The molecule has 3 heteroatoms. The van der Waals surface area contributed by atoms with Gasteiger partial charge in [0, 0.05) is 21.7 Å². The summed E-state index contributed by atoms with van der Waals surface area (Å²) in [5, 5.41) is 16.4. The first kappa shape index (κ1) is 13.8. The summed E-state index contributed by atoms with van der Waals surface area (Å²) in [5.41, 5.74) is 1.83. The van der Waals surface area contributed by atoms with Crippen molar-refractivity contribution in [3.63, 3.8) is 0 Å². The van der Waals surface area contributed by atoms with Crippen molar-refractivity contribution in [3.05, 3.63) is 71.2 Å². The molecule has 0 amide bonds. The van der Waals surface area contributed by atoms with Crippen molar-refractivity contribution in [2.45, 2.75) is 13.0 Å². The molecule has 0 fully saturated rings. The maximum absolute atomic E-state index is 10.00. The summed E-state index contributed by atoms with van der Waals surface area (Å²) in [4.78, 5) is 0. The van der Waals surface area contributed by atoms with Gasteiger partial charge in [0.05, 0.1) is 6.04 Å². The Hall–Kier alpha value is -2.19. The van der Waals surface area contributed by atoms with Gasteiger partial charge in [-0.2, -0.15) is 0 Å². The molecule has 1 unspecified atom stereocenters. The van der Waals surface area contributed by atoms with E-state index < -0.39 is 0 Å². The molecule has 106 valence electrons. The first-order valence-corrected chi connectivity index (χ1v) is 7.25. The minimum Gasteiger partial charge on any atom is -0.508 e. The van der Waals surface area contributed by atoms with Crippen molar-refractivity contribution >= 4 is 28.1 Å². The standard InChI is InChI=1S/C18H16ClNO/c1-12(16-11-14(19)9-10-18(16)21)20-17-8-4-6-13-5-2-3-7-15(13)17/h2-12,20-21H,1H3.